The van der Waals surface area contributed by atoms with Crippen LogP contribution in [0.4, 0.5) is 0 Å². The smallest absolute Gasteiger partial charge is 0.151 e. The Morgan fingerprint density at radius 2 is 2.17 bits per heavy atom. The summed E-state index contributed by atoms with van der Waals surface area (Å²) in [7, 11) is 0. The van der Waals surface area contributed by atoms with E-state index in [1.165, 1.54) is 5.69 Å². The van der Waals surface area contributed by atoms with E-state index in [1.54, 1.807) is 0 Å². The van der Waals surface area contributed by atoms with Crippen LogP contribution in [0.5, 0.6) is 0 Å². The van der Waals surface area contributed by atoms with E-state index in [-0.39, 0.29) is 0 Å². The molecule has 0 unspecified atom stereocenters. The lowest BCUT2D eigenvalue weighted by molar-refractivity contribution is 1.09. The molecule has 0 aliphatic heterocycles. The Balaban J connectivity index is 2.95. The Labute approximate surface area is 79.4 Å². The van der Waals surface area contributed by atoms with Crippen molar-refractivity contribution < 1.29 is 0 Å². The first-order valence-corrected chi connectivity index (χ1v) is 4.59. The lowest BCUT2D eigenvalue weighted by Gasteiger charge is -1.96. The molecular formula is C9H9BrN2. The second-order valence-electron chi connectivity index (χ2n) is 2.83. The summed E-state index contributed by atoms with van der Waals surface area (Å²) in [5.41, 5.74) is 3.28. The van der Waals surface area contributed by atoms with Crippen molar-refractivity contribution in [2.24, 2.45) is 0 Å². The van der Waals surface area contributed by atoms with Crippen LogP contribution in [0.3, 0.4) is 0 Å². The zero-order valence-corrected chi connectivity index (χ0v) is 8.59. The molecule has 0 aromatic carbocycles. The van der Waals surface area contributed by atoms with Gasteiger partial charge in [-0.1, -0.05) is 0 Å². The quantitative estimate of drug-likeness (QED) is 0.673. The van der Waals surface area contributed by atoms with Crippen molar-refractivity contribution in [1.29, 1.82) is 0 Å². The van der Waals surface area contributed by atoms with E-state index in [0.29, 0.717) is 0 Å². The van der Waals surface area contributed by atoms with Gasteiger partial charge in [-0.15, -0.1) is 0 Å². The summed E-state index contributed by atoms with van der Waals surface area (Å²) in [6, 6.07) is 4.01. The molecule has 62 valence electrons. The van der Waals surface area contributed by atoms with Crippen LogP contribution in [0, 0.1) is 13.8 Å². The fourth-order valence-electron chi connectivity index (χ4n) is 1.27. The highest BCUT2D eigenvalue weighted by Gasteiger charge is 2.05. The summed E-state index contributed by atoms with van der Waals surface area (Å²) in [5, 5.41) is 0. The van der Waals surface area contributed by atoms with Gasteiger partial charge in [-0.2, -0.15) is 0 Å². The van der Waals surface area contributed by atoms with Crippen LogP contribution >= 0.6 is 15.9 Å². The molecule has 0 aliphatic carbocycles. The first-order chi connectivity index (χ1) is 5.70. The van der Waals surface area contributed by atoms with Crippen LogP contribution in [0.1, 0.15) is 11.4 Å². The summed E-state index contributed by atoms with van der Waals surface area (Å²) < 4.78 is 3.13. The number of hydrogen-bond acceptors (Lipinski definition) is 1. The van der Waals surface area contributed by atoms with Gasteiger partial charge < -0.3 is 4.40 Å². The fraction of sp³-hybridized carbons (Fsp3) is 0.222. The van der Waals surface area contributed by atoms with Gasteiger partial charge in [0.25, 0.3) is 0 Å². The van der Waals surface area contributed by atoms with Gasteiger partial charge in [0.05, 0.1) is 10.2 Å². The number of imidazole rings is 1. The van der Waals surface area contributed by atoms with E-state index in [0.717, 1.165) is 15.8 Å². The van der Waals surface area contributed by atoms with E-state index in [9.17, 15) is 0 Å². The molecule has 0 saturated heterocycles. The largest absolute Gasteiger partial charge is 0.303 e. The number of aromatic nitrogens is 2. The second-order valence-corrected chi connectivity index (χ2v) is 3.69. The molecule has 0 spiro atoms. The molecule has 0 fully saturated rings. The number of aryl methyl sites for hydroxylation is 2. The number of rotatable bonds is 0. The third-order valence-electron chi connectivity index (χ3n) is 2.08. The molecule has 0 atom stereocenters. The second kappa shape index (κ2) is 2.59. The van der Waals surface area contributed by atoms with Gasteiger partial charge in [0.15, 0.2) is 5.65 Å². The molecule has 2 heterocycles. The van der Waals surface area contributed by atoms with Crippen molar-refractivity contribution in [2.45, 2.75) is 13.8 Å². The van der Waals surface area contributed by atoms with Crippen molar-refractivity contribution in [1.82, 2.24) is 9.38 Å². The highest BCUT2D eigenvalue weighted by Crippen LogP contribution is 2.19. The number of halogens is 1. The normalized spacial score (nSPS) is 10.9. The van der Waals surface area contributed by atoms with E-state index in [2.05, 4.69) is 32.2 Å². The van der Waals surface area contributed by atoms with Gasteiger partial charge in [0.2, 0.25) is 0 Å². The average molecular weight is 225 g/mol. The maximum Gasteiger partial charge on any atom is 0.151 e. The van der Waals surface area contributed by atoms with Crippen LogP contribution in [-0.2, 0) is 0 Å². The number of pyridine rings is 1. The maximum atomic E-state index is 4.43. The predicted molar refractivity (Wildman–Crippen MR) is 52.4 cm³/mol. The Morgan fingerprint density at radius 1 is 1.42 bits per heavy atom. The third kappa shape index (κ3) is 0.966. The zero-order valence-electron chi connectivity index (χ0n) is 7.00. The Hall–Kier alpha value is -0.830. The van der Waals surface area contributed by atoms with Crippen molar-refractivity contribution in [2.75, 3.05) is 0 Å². The van der Waals surface area contributed by atoms with Crippen molar-refractivity contribution >= 4 is 21.6 Å². The van der Waals surface area contributed by atoms with E-state index >= 15 is 0 Å². The van der Waals surface area contributed by atoms with E-state index in [4.69, 9.17) is 0 Å². The van der Waals surface area contributed by atoms with Gasteiger partial charge in [-0.05, 0) is 41.9 Å². The van der Waals surface area contributed by atoms with Crippen LogP contribution in [0.25, 0.3) is 5.65 Å². The van der Waals surface area contributed by atoms with Crippen LogP contribution < -0.4 is 0 Å². The minimum Gasteiger partial charge on any atom is -0.303 e. The molecule has 0 bridgehead atoms. The molecule has 2 aromatic rings. The summed E-state index contributed by atoms with van der Waals surface area (Å²) in [6.07, 6.45) is 2.02. The summed E-state index contributed by atoms with van der Waals surface area (Å²) in [6.45, 7) is 4.09. The average Bonchev–Trinajstić information content (AvgIpc) is 2.32. The minimum atomic E-state index is 0.993. The number of nitrogens with zero attached hydrogens (tertiary/aromatic N) is 2. The molecule has 12 heavy (non-hydrogen) atoms. The van der Waals surface area contributed by atoms with E-state index < -0.39 is 0 Å². The Morgan fingerprint density at radius 3 is 2.83 bits per heavy atom. The van der Waals surface area contributed by atoms with Gasteiger partial charge in [-0.3, -0.25) is 0 Å². The first kappa shape index (κ1) is 7.80. The van der Waals surface area contributed by atoms with Gasteiger partial charge in [0.1, 0.15) is 0 Å². The van der Waals surface area contributed by atoms with Gasteiger partial charge in [-0.25, -0.2) is 4.98 Å². The predicted octanol–water partition coefficient (Wildman–Crippen LogP) is 2.71. The summed E-state index contributed by atoms with van der Waals surface area (Å²) in [5.74, 6) is 0. The highest BCUT2D eigenvalue weighted by molar-refractivity contribution is 9.10. The lowest BCUT2D eigenvalue weighted by atomic mass is 10.4. The molecule has 0 aliphatic rings. The topological polar surface area (TPSA) is 17.3 Å². The number of hydrogen-bond donors (Lipinski definition) is 0. The van der Waals surface area contributed by atoms with Crippen LogP contribution in [0.15, 0.2) is 22.8 Å². The maximum absolute atomic E-state index is 4.43. The Kier molecular flexibility index (Phi) is 1.68. The molecule has 2 nitrogen and oxygen atoms in total. The monoisotopic (exact) mass is 224 g/mol. The first-order valence-electron chi connectivity index (χ1n) is 3.80. The van der Waals surface area contributed by atoms with Gasteiger partial charge >= 0.3 is 0 Å². The van der Waals surface area contributed by atoms with Crippen LogP contribution in [0.2, 0.25) is 0 Å². The minimum absolute atomic E-state index is 0.993. The highest BCUT2D eigenvalue weighted by atomic mass is 79.9. The molecule has 2 aromatic heterocycles. The standard InChI is InChI=1S/C9H9BrN2/c1-6-7(2)12-5-3-4-8(10)9(12)11-6/h3-5H,1-2H3. The Bertz CT molecular complexity index is 431. The van der Waals surface area contributed by atoms with Crippen molar-refractivity contribution in [3.63, 3.8) is 0 Å². The molecule has 0 saturated carbocycles. The molecule has 2 rings (SSSR count). The fourth-order valence-corrected chi connectivity index (χ4v) is 1.70. The molecular weight excluding hydrogens is 216 g/mol. The number of fused-ring (bicyclic) bond motifs is 1. The third-order valence-corrected chi connectivity index (χ3v) is 2.70. The molecule has 0 N–H and O–H groups in total. The molecule has 3 heteroatoms. The van der Waals surface area contributed by atoms with Crippen LogP contribution in [-0.4, -0.2) is 9.38 Å². The van der Waals surface area contributed by atoms with Crippen molar-refractivity contribution in [3.05, 3.63) is 34.2 Å². The van der Waals surface area contributed by atoms with Gasteiger partial charge in [0, 0.05) is 11.9 Å². The molecule has 0 radical (unpaired) electrons. The van der Waals surface area contributed by atoms with Crippen molar-refractivity contribution in [3.8, 4) is 0 Å². The zero-order chi connectivity index (χ0) is 8.72. The summed E-state index contributed by atoms with van der Waals surface area (Å²) in [4.78, 5) is 4.43. The lowest BCUT2D eigenvalue weighted by Crippen LogP contribution is -1.86. The SMILES string of the molecule is Cc1nc2c(Br)cccn2c1C. The summed E-state index contributed by atoms with van der Waals surface area (Å²) >= 11 is 3.46. The molecule has 0 amide bonds. The van der Waals surface area contributed by atoms with E-state index in [1.807, 2.05) is 25.3 Å².